The first-order valence-corrected chi connectivity index (χ1v) is 10.1. The number of ether oxygens (including phenoxy) is 1. The average Bonchev–Trinajstić information content (AvgIpc) is 3.12. The van der Waals surface area contributed by atoms with Gasteiger partial charge in [0.15, 0.2) is 0 Å². The number of aryl methyl sites for hydroxylation is 2. The second-order valence-electron chi connectivity index (χ2n) is 8.37. The first-order chi connectivity index (χ1) is 13.3. The molecule has 0 atom stereocenters. The largest absolute Gasteiger partial charge is 0.493 e. The summed E-state index contributed by atoms with van der Waals surface area (Å²) >= 11 is 0. The molecule has 2 aromatic carbocycles. The quantitative estimate of drug-likeness (QED) is 0.671. The van der Waals surface area contributed by atoms with Crippen molar-refractivity contribution in [3.05, 3.63) is 58.9 Å². The summed E-state index contributed by atoms with van der Waals surface area (Å²) in [6.07, 6.45) is 3.21. The Labute approximate surface area is 167 Å². The molecular formula is C24H30FNO2. The minimum Gasteiger partial charge on any atom is -0.493 e. The molecule has 0 aliphatic heterocycles. The van der Waals surface area contributed by atoms with Crippen molar-refractivity contribution >= 4 is 11.6 Å². The Balaban J connectivity index is 1.86. The van der Waals surface area contributed by atoms with Crippen molar-refractivity contribution in [2.45, 2.75) is 58.8 Å². The number of benzene rings is 2. The van der Waals surface area contributed by atoms with Crippen LogP contribution in [0.3, 0.4) is 0 Å². The van der Waals surface area contributed by atoms with Gasteiger partial charge >= 0.3 is 0 Å². The van der Waals surface area contributed by atoms with Crippen molar-refractivity contribution in [3.63, 3.8) is 0 Å². The van der Waals surface area contributed by atoms with E-state index < -0.39 is 5.41 Å². The molecule has 28 heavy (non-hydrogen) atoms. The monoisotopic (exact) mass is 383 g/mol. The molecule has 0 saturated heterocycles. The number of carbonyl (C=O) groups is 1. The molecule has 3 rings (SSSR count). The topological polar surface area (TPSA) is 38.3 Å². The number of nitrogens with one attached hydrogen (secondary N) is 1. The standard InChI is InChI=1S/C24H30FNO2/c1-16(2)15-28-22-17(3)13-19(14-18(22)4)26-23(27)24(11-7-8-12-24)20-9-5-6-10-21(20)25/h5-6,9-10,13-14,16H,7-8,11-12,15H2,1-4H3,(H,26,27). The van der Waals surface area contributed by atoms with Gasteiger partial charge in [0, 0.05) is 11.3 Å². The summed E-state index contributed by atoms with van der Waals surface area (Å²) in [5.74, 6) is 0.895. The van der Waals surface area contributed by atoms with Crippen LogP contribution in [-0.2, 0) is 10.2 Å². The van der Waals surface area contributed by atoms with Crippen molar-refractivity contribution in [1.82, 2.24) is 0 Å². The van der Waals surface area contributed by atoms with E-state index in [2.05, 4.69) is 19.2 Å². The minimum atomic E-state index is -0.792. The normalized spacial score (nSPS) is 15.6. The second kappa shape index (κ2) is 8.34. The summed E-state index contributed by atoms with van der Waals surface area (Å²) in [4.78, 5) is 13.3. The van der Waals surface area contributed by atoms with Crippen LogP contribution in [0, 0.1) is 25.6 Å². The predicted molar refractivity (Wildman–Crippen MR) is 111 cm³/mol. The minimum absolute atomic E-state index is 0.121. The van der Waals surface area contributed by atoms with E-state index in [1.807, 2.05) is 26.0 Å². The lowest BCUT2D eigenvalue weighted by atomic mass is 9.77. The van der Waals surface area contributed by atoms with Gasteiger partial charge in [0.2, 0.25) is 5.91 Å². The van der Waals surface area contributed by atoms with Crippen LogP contribution in [-0.4, -0.2) is 12.5 Å². The molecule has 0 radical (unpaired) electrons. The van der Waals surface area contributed by atoms with Crippen molar-refractivity contribution in [1.29, 1.82) is 0 Å². The molecule has 1 saturated carbocycles. The summed E-state index contributed by atoms with van der Waals surface area (Å²) in [7, 11) is 0. The SMILES string of the molecule is Cc1cc(NC(=O)C2(c3ccccc3F)CCCC2)cc(C)c1OCC(C)C. The van der Waals surface area contributed by atoms with E-state index in [1.165, 1.54) is 6.07 Å². The van der Waals surface area contributed by atoms with E-state index in [0.29, 0.717) is 30.9 Å². The van der Waals surface area contributed by atoms with Crippen molar-refractivity contribution in [3.8, 4) is 5.75 Å². The van der Waals surface area contributed by atoms with Crippen molar-refractivity contribution < 1.29 is 13.9 Å². The van der Waals surface area contributed by atoms with Crippen LogP contribution in [0.25, 0.3) is 0 Å². The zero-order valence-corrected chi connectivity index (χ0v) is 17.3. The lowest BCUT2D eigenvalue weighted by Gasteiger charge is -2.29. The van der Waals surface area contributed by atoms with Crippen LogP contribution in [0.5, 0.6) is 5.75 Å². The van der Waals surface area contributed by atoms with Crippen LogP contribution >= 0.6 is 0 Å². The highest BCUT2D eigenvalue weighted by atomic mass is 19.1. The van der Waals surface area contributed by atoms with Gasteiger partial charge in [-0.05, 0) is 61.9 Å². The van der Waals surface area contributed by atoms with E-state index in [4.69, 9.17) is 4.74 Å². The molecule has 0 spiro atoms. The maximum Gasteiger partial charge on any atom is 0.235 e. The number of halogens is 1. The van der Waals surface area contributed by atoms with Crippen LogP contribution in [0.2, 0.25) is 0 Å². The van der Waals surface area contributed by atoms with Crippen LogP contribution in [0.1, 0.15) is 56.2 Å². The molecule has 3 nitrogen and oxygen atoms in total. The number of hydrogen-bond acceptors (Lipinski definition) is 2. The van der Waals surface area contributed by atoms with Crippen LogP contribution in [0.4, 0.5) is 10.1 Å². The zero-order chi connectivity index (χ0) is 20.3. The lowest BCUT2D eigenvalue weighted by molar-refractivity contribution is -0.121. The maximum absolute atomic E-state index is 14.5. The molecule has 1 fully saturated rings. The first kappa shape index (κ1) is 20.4. The highest BCUT2D eigenvalue weighted by Crippen LogP contribution is 2.43. The Bertz CT molecular complexity index is 830. The van der Waals surface area contributed by atoms with Gasteiger partial charge in [0.05, 0.1) is 12.0 Å². The van der Waals surface area contributed by atoms with Crippen molar-refractivity contribution in [2.75, 3.05) is 11.9 Å². The van der Waals surface area contributed by atoms with E-state index in [0.717, 1.165) is 35.4 Å². The molecule has 0 aromatic heterocycles. The first-order valence-electron chi connectivity index (χ1n) is 10.1. The second-order valence-corrected chi connectivity index (χ2v) is 8.37. The molecule has 0 unspecified atom stereocenters. The van der Waals surface area contributed by atoms with Gasteiger partial charge in [-0.3, -0.25) is 4.79 Å². The van der Waals surface area contributed by atoms with Gasteiger partial charge in [-0.2, -0.15) is 0 Å². The number of amides is 1. The Morgan fingerprint density at radius 3 is 2.32 bits per heavy atom. The van der Waals surface area contributed by atoms with Gasteiger partial charge in [-0.25, -0.2) is 4.39 Å². The van der Waals surface area contributed by atoms with Gasteiger partial charge in [0.1, 0.15) is 11.6 Å². The molecule has 4 heteroatoms. The fraction of sp³-hybridized carbons (Fsp3) is 0.458. The molecule has 1 aliphatic rings. The van der Waals surface area contributed by atoms with E-state index in [-0.39, 0.29) is 11.7 Å². The van der Waals surface area contributed by atoms with Crippen LogP contribution < -0.4 is 10.1 Å². The maximum atomic E-state index is 14.5. The third-order valence-corrected chi connectivity index (χ3v) is 5.56. The van der Waals surface area contributed by atoms with E-state index >= 15 is 0 Å². The van der Waals surface area contributed by atoms with Gasteiger partial charge in [-0.15, -0.1) is 0 Å². The Morgan fingerprint density at radius 1 is 1.14 bits per heavy atom. The molecule has 0 heterocycles. The highest BCUT2D eigenvalue weighted by Gasteiger charge is 2.44. The Hall–Kier alpha value is -2.36. The van der Waals surface area contributed by atoms with Gasteiger partial charge in [0.25, 0.3) is 0 Å². The number of rotatable bonds is 6. The highest BCUT2D eigenvalue weighted by molar-refractivity contribution is 5.99. The molecule has 1 amide bonds. The summed E-state index contributed by atoms with van der Waals surface area (Å²) in [6, 6.07) is 10.5. The molecular weight excluding hydrogens is 353 g/mol. The number of carbonyl (C=O) groups excluding carboxylic acids is 1. The molecule has 0 bridgehead atoms. The molecule has 2 aromatic rings. The summed E-state index contributed by atoms with van der Waals surface area (Å²) in [5.41, 5.74) is 2.43. The molecule has 1 aliphatic carbocycles. The molecule has 150 valence electrons. The third kappa shape index (κ3) is 4.06. The van der Waals surface area contributed by atoms with Gasteiger partial charge in [-0.1, -0.05) is 44.9 Å². The van der Waals surface area contributed by atoms with Crippen LogP contribution in [0.15, 0.2) is 36.4 Å². The number of hydrogen-bond donors (Lipinski definition) is 1. The van der Waals surface area contributed by atoms with E-state index in [1.54, 1.807) is 18.2 Å². The van der Waals surface area contributed by atoms with E-state index in [9.17, 15) is 9.18 Å². The third-order valence-electron chi connectivity index (χ3n) is 5.56. The summed E-state index contributed by atoms with van der Waals surface area (Å²) in [6.45, 7) is 8.86. The fourth-order valence-corrected chi connectivity index (χ4v) is 4.20. The fourth-order valence-electron chi connectivity index (χ4n) is 4.20. The zero-order valence-electron chi connectivity index (χ0n) is 17.3. The summed E-state index contributed by atoms with van der Waals surface area (Å²) in [5, 5.41) is 3.06. The summed E-state index contributed by atoms with van der Waals surface area (Å²) < 4.78 is 20.5. The Kier molecular flexibility index (Phi) is 6.07. The smallest absolute Gasteiger partial charge is 0.235 e. The Morgan fingerprint density at radius 2 is 1.75 bits per heavy atom. The molecule has 1 N–H and O–H groups in total. The van der Waals surface area contributed by atoms with Crippen molar-refractivity contribution in [2.24, 2.45) is 5.92 Å². The number of anilines is 1. The predicted octanol–water partition coefficient (Wildman–Crippen LogP) is 5.93. The average molecular weight is 384 g/mol. The van der Waals surface area contributed by atoms with Gasteiger partial charge < -0.3 is 10.1 Å². The lowest BCUT2D eigenvalue weighted by Crippen LogP contribution is -2.38.